The van der Waals surface area contributed by atoms with Gasteiger partial charge in [0, 0.05) is 23.4 Å². The third-order valence-corrected chi connectivity index (χ3v) is 8.67. The van der Waals surface area contributed by atoms with E-state index in [1.54, 1.807) is 30.3 Å². The van der Waals surface area contributed by atoms with Gasteiger partial charge in [0.2, 0.25) is 5.13 Å². The fourth-order valence-electron chi connectivity index (χ4n) is 4.43. The fourth-order valence-corrected chi connectivity index (χ4v) is 6.25. The molecule has 0 radical (unpaired) electrons. The van der Waals surface area contributed by atoms with Crippen LogP contribution >= 0.6 is 23.1 Å². The predicted molar refractivity (Wildman–Crippen MR) is 161 cm³/mol. The molecule has 0 spiro atoms. The third kappa shape index (κ3) is 6.19. The standard InChI is InChI=1S/C30H26N4O6S2/c1-2-3-16-40-23-14-12-20(13-15-23)26(35)24-25(21-10-7-11-22(17-21)34(38)39)33(28(37)27(24)36)29-31-32-30(42-29)41-18-19-8-5-4-6-9-19/h4-15,17,25,35H,2-3,16,18H2,1H3. The molecular formula is C30H26N4O6S2. The number of hydrogen-bond acceptors (Lipinski definition) is 10. The molecule has 0 saturated carbocycles. The van der Waals surface area contributed by atoms with E-state index in [1.165, 1.54) is 30.0 Å². The predicted octanol–water partition coefficient (Wildman–Crippen LogP) is 6.54. The number of nitro groups is 1. The van der Waals surface area contributed by atoms with Crippen molar-refractivity contribution in [3.8, 4) is 5.75 Å². The first-order valence-corrected chi connectivity index (χ1v) is 15.0. The van der Waals surface area contributed by atoms with Crippen LogP contribution in [0, 0.1) is 10.1 Å². The molecule has 2 heterocycles. The molecule has 42 heavy (non-hydrogen) atoms. The molecule has 0 aliphatic carbocycles. The number of nitro benzene ring substituents is 1. The first kappa shape index (κ1) is 29.0. The van der Waals surface area contributed by atoms with Crippen molar-refractivity contribution in [1.29, 1.82) is 0 Å². The Morgan fingerprint density at radius 3 is 2.55 bits per heavy atom. The number of nitrogens with zero attached hydrogens (tertiary/aromatic N) is 4. The van der Waals surface area contributed by atoms with Gasteiger partial charge in [0.15, 0.2) is 4.34 Å². The molecule has 1 aliphatic heterocycles. The molecule has 1 saturated heterocycles. The van der Waals surface area contributed by atoms with E-state index in [0.29, 0.717) is 28.0 Å². The van der Waals surface area contributed by atoms with Gasteiger partial charge in [-0.1, -0.05) is 78.9 Å². The SMILES string of the molecule is CCCCOc1ccc(C(O)=C2C(=O)C(=O)N(c3nnc(SCc4ccccc4)s3)C2c2cccc([N+](=O)[O-])c2)cc1. The number of Topliss-reactive ketones (excluding diaryl/α,β-unsaturated/α-hetero) is 1. The van der Waals surface area contributed by atoms with Gasteiger partial charge in [-0.05, 0) is 41.8 Å². The Balaban J connectivity index is 1.53. The molecule has 10 nitrogen and oxygen atoms in total. The van der Waals surface area contributed by atoms with Crippen molar-refractivity contribution in [2.24, 2.45) is 0 Å². The van der Waals surface area contributed by atoms with Gasteiger partial charge in [-0.25, -0.2) is 0 Å². The minimum absolute atomic E-state index is 0.142. The lowest BCUT2D eigenvalue weighted by molar-refractivity contribution is -0.384. The first-order valence-electron chi connectivity index (χ1n) is 13.2. The maximum absolute atomic E-state index is 13.5. The number of carbonyl (C=O) groups is 2. The molecule has 3 aromatic carbocycles. The van der Waals surface area contributed by atoms with Crippen molar-refractivity contribution in [3.63, 3.8) is 0 Å². The number of amides is 1. The van der Waals surface area contributed by atoms with Gasteiger partial charge in [0.05, 0.1) is 23.1 Å². The van der Waals surface area contributed by atoms with Crippen molar-refractivity contribution in [2.45, 2.75) is 35.9 Å². The summed E-state index contributed by atoms with van der Waals surface area (Å²) in [5.41, 5.74) is 1.23. The van der Waals surface area contributed by atoms with Crippen LogP contribution in [0.15, 0.2) is 88.8 Å². The molecular weight excluding hydrogens is 576 g/mol. The lowest BCUT2D eigenvalue weighted by atomic mass is 9.95. The van der Waals surface area contributed by atoms with E-state index >= 15 is 0 Å². The summed E-state index contributed by atoms with van der Waals surface area (Å²) in [6.07, 6.45) is 1.88. The van der Waals surface area contributed by atoms with Crippen LogP contribution in [-0.2, 0) is 15.3 Å². The zero-order chi connectivity index (χ0) is 29.6. The number of aromatic nitrogens is 2. The molecule has 1 unspecified atom stereocenters. The van der Waals surface area contributed by atoms with Crippen LogP contribution in [-0.4, -0.2) is 38.5 Å². The zero-order valence-electron chi connectivity index (χ0n) is 22.5. The minimum Gasteiger partial charge on any atom is -0.507 e. The van der Waals surface area contributed by atoms with E-state index in [-0.39, 0.29) is 22.0 Å². The summed E-state index contributed by atoms with van der Waals surface area (Å²) in [6.45, 7) is 2.61. The van der Waals surface area contributed by atoms with E-state index in [1.807, 2.05) is 30.3 Å². The van der Waals surface area contributed by atoms with Crippen molar-refractivity contribution in [3.05, 3.63) is 111 Å². The van der Waals surface area contributed by atoms with Crippen LogP contribution in [0.25, 0.3) is 5.76 Å². The Morgan fingerprint density at radius 1 is 1.07 bits per heavy atom. The van der Waals surface area contributed by atoms with E-state index in [9.17, 15) is 24.8 Å². The van der Waals surface area contributed by atoms with Crippen molar-refractivity contribution in [1.82, 2.24) is 10.2 Å². The Kier molecular flexibility index (Phi) is 8.94. The topological polar surface area (TPSA) is 136 Å². The summed E-state index contributed by atoms with van der Waals surface area (Å²) in [7, 11) is 0. The molecule has 1 fully saturated rings. The number of carbonyl (C=O) groups excluding carboxylic acids is 2. The van der Waals surface area contributed by atoms with Crippen LogP contribution in [0.2, 0.25) is 0 Å². The van der Waals surface area contributed by atoms with Gasteiger partial charge in [-0.15, -0.1) is 10.2 Å². The molecule has 4 aromatic rings. The Bertz CT molecular complexity index is 1640. The maximum Gasteiger partial charge on any atom is 0.301 e. The highest BCUT2D eigenvalue weighted by molar-refractivity contribution is 8.00. The second-order valence-electron chi connectivity index (χ2n) is 9.37. The Labute approximate surface area is 249 Å². The van der Waals surface area contributed by atoms with Crippen molar-refractivity contribution in [2.75, 3.05) is 11.5 Å². The minimum atomic E-state index is -1.16. The number of aliphatic hydroxyl groups is 1. The molecule has 0 bridgehead atoms. The lowest BCUT2D eigenvalue weighted by Crippen LogP contribution is -2.29. The number of unbranched alkanes of at least 4 members (excludes halogenated alkanes) is 1. The number of non-ortho nitro benzene ring substituents is 1. The fraction of sp³-hybridized carbons (Fsp3) is 0.200. The highest BCUT2D eigenvalue weighted by atomic mass is 32.2. The molecule has 1 aromatic heterocycles. The number of ketones is 1. The van der Waals surface area contributed by atoms with E-state index in [4.69, 9.17) is 4.74 Å². The molecule has 1 aliphatic rings. The second kappa shape index (κ2) is 13.0. The molecule has 1 atom stereocenters. The average molecular weight is 603 g/mol. The number of rotatable bonds is 11. The largest absolute Gasteiger partial charge is 0.507 e. The third-order valence-electron chi connectivity index (χ3n) is 6.54. The number of benzene rings is 3. The number of hydrogen-bond donors (Lipinski definition) is 1. The summed E-state index contributed by atoms with van der Waals surface area (Å²) < 4.78 is 6.27. The van der Waals surface area contributed by atoms with Gasteiger partial charge in [0.25, 0.3) is 11.5 Å². The second-order valence-corrected chi connectivity index (χ2v) is 11.6. The van der Waals surface area contributed by atoms with Gasteiger partial charge in [0.1, 0.15) is 11.5 Å². The molecule has 214 valence electrons. The van der Waals surface area contributed by atoms with Gasteiger partial charge >= 0.3 is 5.91 Å². The van der Waals surface area contributed by atoms with E-state index < -0.39 is 28.4 Å². The van der Waals surface area contributed by atoms with E-state index in [2.05, 4.69) is 17.1 Å². The van der Waals surface area contributed by atoms with Crippen molar-refractivity contribution < 1.29 is 24.4 Å². The van der Waals surface area contributed by atoms with Gasteiger partial charge in [-0.3, -0.25) is 24.6 Å². The highest BCUT2D eigenvalue weighted by Gasteiger charge is 2.48. The number of aliphatic hydroxyl groups excluding tert-OH is 1. The van der Waals surface area contributed by atoms with E-state index in [0.717, 1.165) is 34.6 Å². The van der Waals surface area contributed by atoms with Crippen LogP contribution in [0.5, 0.6) is 5.75 Å². The summed E-state index contributed by atoms with van der Waals surface area (Å²) in [5.74, 6) is -1.02. The molecule has 12 heteroatoms. The molecule has 1 N–H and O–H groups in total. The van der Waals surface area contributed by atoms with Crippen LogP contribution in [0.3, 0.4) is 0 Å². The quantitative estimate of drug-likeness (QED) is 0.0296. The van der Waals surface area contributed by atoms with Crippen LogP contribution in [0.4, 0.5) is 10.8 Å². The zero-order valence-corrected chi connectivity index (χ0v) is 24.1. The summed E-state index contributed by atoms with van der Waals surface area (Å²) >= 11 is 2.55. The lowest BCUT2D eigenvalue weighted by Gasteiger charge is -2.22. The highest BCUT2D eigenvalue weighted by Crippen LogP contribution is 2.44. The Morgan fingerprint density at radius 2 is 1.83 bits per heavy atom. The number of anilines is 1. The summed E-state index contributed by atoms with van der Waals surface area (Å²) in [6, 6.07) is 20.8. The number of thioether (sulfide) groups is 1. The van der Waals surface area contributed by atoms with Crippen LogP contribution in [0.1, 0.15) is 42.5 Å². The Hall–Kier alpha value is -4.55. The van der Waals surface area contributed by atoms with Crippen LogP contribution < -0.4 is 9.64 Å². The van der Waals surface area contributed by atoms with Crippen molar-refractivity contribution >= 4 is 51.4 Å². The maximum atomic E-state index is 13.5. The number of ether oxygens (including phenoxy) is 1. The summed E-state index contributed by atoms with van der Waals surface area (Å²) in [4.78, 5) is 39.1. The molecule has 5 rings (SSSR count). The smallest absolute Gasteiger partial charge is 0.301 e. The van der Waals surface area contributed by atoms with Gasteiger partial charge in [-0.2, -0.15) is 0 Å². The van der Waals surface area contributed by atoms with Gasteiger partial charge < -0.3 is 9.84 Å². The molecule has 1 amide bonds. The normalized spacial score (nSPS) is 16.1. The monoisotopic (exact) mass is 602 g/mol. The average Bonchev–Trinajstić information content (AvgIpc) is 3.58. The summed E-state index contributed by atoms with van der Waals surface area (Å²) in [5, 5.41) is 31.5. The first-order chi connectivity index (χ1) is 20.4.